The summed E-state index contributed by atoms with van der Waals surface area (Å²) in [7, 11) is 0. The number of phenolic OH excluding ortho intramolecular Hbond substituents is 1. The maximum absolute atomic E-state index is 9.42. The van der Waals surface area contributed by atoms with Crippen molar-refractivity contribution in [3.8, 4) is 5.75 Å². The van der Waals surface area contributed by atoms with E-state index < -0.39 is 0 Å². The van der Waals surface area contributed by atoms with E-state index in [2.05, 4.69) is 26.3 Å². The van der Waals surface area contributed by atoms with Crippen molar-refractivity contribution in [3.63, 3.8) is 0 Å². The molecular formula is C13H19O. The third-order valence-electron chi connectivity index (χ3n) is 2.61. The molecule has 1 aromatic carbocycles. The number of hydrogen-bond acceptors (Lipinski definition) is 1. The summed E-state index contributed by atoms with van der Waals surface area (Å²) in [6.07, 6.45) is 4.54. The van der Waals surface area contributed by atoms with Gasteiger partial charge in [-0.1, -0.05) is 32.4 Å². The van der Waals surface area contributed by atoms with Gasteiger partial charge in [-0.05, 0) is 42.9 Å². The lowest BCUT2D eigenvalue weighted by Crippen LogP contribution is -1.97. The minimum atomic E-state index is 0.389. The molecule has 14 heavy (non-hydrogen) atoms. The lowest BCUT2D eigenvalue weighted by Gasteiger charge is -2.14. The zero-order valence-electron chi connectivity index (χ0n) is 9.25. The van der Waals surface area contributed by atoms with Gasteiger partial charge in [0, 0.05) is 0 Å². The van der Waals surface area contributed by atoms with Crippen molar-refractivity contribution < 1.29 is 5.11 Å². The van der Waals surface area contributed by atoms with E-state index in [9.17, 15) is 5.11 Å². The zero-order chi connectivity index (χ0) is 10.6. The molecule has 0 aliphatic heterocycles. The Morgan fingerprint density at radius 2 is 2.07 bits per heavy atom. The highest BCUT2D eigenvalue weighted by atomic mass is 16.3. The largest absolute Gasteiger partial charge is 0.508 e. The smallest absolute Gasteiger partial charge is 0.118 e. The fraction of sp³-hybridized carbons (Fsp3) is 0.462. The van der Waals surface area contributed by atoms with Gasteiger partial charge in [0.25, 0.3) is 0 Å². The Hall–Kier alpha value is -0.980. The number of benzene rings is 1. The molecule has 1 unspecified atom stereocenters. The first-order valence-electron chi connectivity index (χ1n) is 5.31. The van der Waals surface area contributed by atoms with Crippen LogP contribution in [0.5, 0.6) is 5.75 Å². The number of aryl methyl sites for hydroxylation is 1. The quantitative estimate of drug-likeness (QED) is 0.767. The van der Waals surface area contributed by atoms with Crippen molar-refractivity contribution in [2.75, 3.05) is 0 Å². The van der Waals surface area contributed by atoms with E-state index in [0.29, 0.717) is 11.7 Å². The molecule has 1 radical (unpaired) electrons. The van der Waals surface area contributed by atoms with Crippen LogP contribution < -0.4 is 0 Å². The molecule has 1 nitrogen and oxygen atoms in total. The second-order valence-electron chi connectivity index (χ2n) is 3.70. The second-order valence-corrected chi connectivity index (χ2v) is 3.70. The van der Waals surface area contributed by atoms with Crippen molar-refractivity contribution in [1.29, 1.82) is 0 Å². The maximum atomic E-state index is 9.42. The molecule has 0 spiro atoms. The van der Waals surface area contributed by atoms with E-state index in [1.54, 1.807) is 6.07 Å². The van der Waals surface area contributed by atoms with E-state index in [0.717, 1.165) is 18.4 Å². The summed E-state index contributed by atoms with van der Waals surface area (Å²) in [6, 6.07) is 5.88. The first kappa shape index (κ1) is 11.1. The van der Waals surface area contributed by atoms with Crippen LogP contribution in [0.4, 0.5) is 0 Å². The molecule has 1 atom stereocenters. The molecule has 0 saturated heterocycles. The number of hydrogen-bond donors (Lipinski definition) is 1. The van der Waals surface area contributed by atoms with Crippen LogP contribution >= 0.6 is 0 Å². The van der Waals surface area contributed by atoms with Crippen LogP contribution in [0.2, 0.25) is 0 Å². The molecule has 77 valence electrons. The molecule has 0 bridgehead atoms. The van der Waals surface area contributed by atoms with Crippen molar-refractivity contribution in [3.05, 3.63) is 35.7 Å². The van der Waals surface area contributed by atoms with Gasteiger partial charge in [0.2, 0.25) is 0 Å². The van der Waals surface area contributed by atoms with Gasteiger partial charge in [0.1, 0.15) is 5.75 Å². The van der Waals surface area contributed by atoms with E-state index in [1.807, 2.05) is 13.0 Å². The van der Waals surface area contributed by atoms with Crippen LogP contribution in [0.1, 0.15) is 43.7 Å². The predicted molar refractivity (Wildman–Crippen MR) is 60.5 cm³/mol. The molecule has 1 aromatic rings. The summed E-state index contributed by atoms with van der Waals surface area (Å²) in [4.78, 5) is 0. The van der Waals surface area contributed by atoms with Gasteiger partial charge in [-0.3, -0.25) is 0 Å². The Kier molecular flexibility index (Phi) is 3.99. The van der Waals surface area contributed by atoms with Gasteiger partial charge >= 0.3 is 0 Å². The van der Waals surface area contributed by atoms with Gasteiger partial charge < -0.3 is 5.11 Å². The highest BCUT2D eigenvalue weighted by molar-refractivity contribution is 5.37. The molecule has 0 aromatic heterocycles. The fourth-order valence-corrected chi connectivity index (χ4v) is 1.73. The predicted octanol–water partition coefficient (Wildman–Crippen LogP) is 3.81. The fourth-order valence-electron chi connectivity index (χ4n) is 1.73. The summed E-state index contributed by atoms with van der Waals surface area (Å²) in [5.41, 5.74) is 2.27. The number of phenols is 1. The molecule has 0 aliphatic carbocycles. The summed E-state index contributed by atoms with van der Waals surface area (Å²) in [5, 5.41) is 9.42. The van der Waals surface area contributed by atoms with Crippen LogP contribution in [-0.2, 0) is 0 Å². The lowest BCUT2D eigenvalue weighted by molar-refractivity contribution is 0.470. The highest BCUT2D eigenvalue weighted by Gasteiger charge is 2.09. The number of aromatic hydroxyl groups is 1. The van der Waals surface area contributed by atoms with Crippen molar-refractivity contribution >= 4 is 0 Å². The topological polar surface area (TPSA) is 20.2 Å². The van der Waals surface area contributed by atoms with Gasteiger partial charge in [-0.25, -0.2) is 0 Å². The van der Waals surface area contributed by atoms with Crippen LogP contribution in [0.25, 0.3) is 0 Å². The van der Waals surface area contributed by atoms with E-state index in [-0.39, 0.29) is 0 Å². The Bertz CT molecular complexity index is 291. The third-order valence-corrected chi connectivity index (χ3v) is 2.61. The van der Waals surface area contributed by atoms with Crippen molar-refractivity contribution in [2.45, 2.75) is 39.5 Å². The SMILES string of the molecule is CC[CH]C(CC)c1ccc(O)c(C)c1. The van der Waals surface area contributed by atoms with Crippen molar-refractivity contribution in [1.82, 2.24) is 0 Å². The maximum Gasteiger partial charge on any atom is 0.118 e. The summed E-state index contributed by atoms with van der Waals surface area (Å²) in [6.45, 7) is 6.30. The Morgan fingerprint density at radius 1 is 1.36 bits per heavy atom. The Labute approximate surface area is 86.8 Å². The molecule has 0 aliphatic rings. The average molecular weight is 191 g/mol. The molecular weight excluding hydrogens is 172 g/mol. The van der Waals surface area contributed by atoms with E-state index >= 15 is 0 Å². The standard InChI is InChI=1S/C13H19O/c1-4-6-11(5-2)12-7-8-13(14)10(3)9-12/h6-9,11,14H,4-5H2,1-3H3. The second kappa shape index (κ2) is 5.04. The Morgan fingerprint density at radius 3 is 2.57 bits per heavy atom. The van der Waals surface area contributed by atoms with Crippen LogP contribution in [-0.4, -0.2) is 5.11 Å². The molecule has 0 amide bonds. The van der Waals surface area contributed by atoms with E-state index in [1.165, 1.54) is 5.56 Å². The molecule has 0 fully saturated rings. The molecule has 1 N–H and O–H groups in total. The average Bonchev–Trinajstić information content (AvgIpc) is 2.19. The normalized spacial score (nSPS) is 12.8. The molecule has 1 rings (SSSR count). The van der Waals surface area contributed by atoms with Crippen LogP contribution in [0.3, 0.4) is 0 Å². The third kappa shape index (κ3) is 2.50. The van der Waals surface area contributed by atoms with Gasteiger partial charge in [-0.15, -0.1) is 0 Å². The summed E-state index contributed by atoms with van der Waals surface area (Å²) in [5.74, 6) is 0.916. The first-order valence-corrected chi connectivity index (χ1v) is 5.31. The molecule has 0 heterocycles. The van der Waals surface area contributed by atoms with Crippen LogP contribution in [0.15, 0.2) is 18.2 Å². The summed E-state index contributed by atoms with van der Waals surface area (Å²) >= 11 is 0. The zero-order valence-corrected chi connectivity index (χ0v) is 9.25. The highest BCUT2D eigenvalue weighted by Crippen LogP contribution is 2.27. The molecule has 1 heteroatoms. The summed E-state index contributed by atoms with van der Waals surface area (Å²) < 4.78 is 0. The first-order chi connectivity index (χ1) is 6.69. The monoisotopic (exact) mass is 191 g/mol. The Balaban J connectivity index is 2.88. The van der Waals surface area contributed by atoms with Crippen LogP contribution in [0, 0.1) is 13.3 Å². The minimum Gasteiger partial charge on any atom is -0.508 e. The molecule has 0 saturated carbocycles. The number of rotatable bonds is 4. The lowest BCUT2D eigenvalue weighted by atomic mass is 9.91. The van der Waals surface area contributed by atoms with Gasteiger partial charge in [-0.2, -0.15) is 0 Å². The van der Waals surface area contributed by atoms with E-state index in [4.69, 9.17) is 0 Å². The van der Waals surface area contributed by atoms with Crippen molar-refractivity contribution in [2.24, 2.45) is 0 Å². The van der Waals surface area contributed by atoms with Gasteiger partial charge in [0.05, 0.1) is 0 Å². The van der Waals surface area contributed by atoms with Gasteiger partial charge in [0.15, 0.2) is 0 Å². The minimum absolute atomic E-state index is 0.389.